The van der Waals surface area contributed by atoms with E-state index in [1.807, 2.05) is 19.1 Å². The summed E-state index contributed by atoms with van der Waals surface area (Å²) in [7, 11) is 0. The van der Waals surface area contributed by atoms with Crippen LogP contribution in [0.3, 0.4) is 0 Å². The zero-order valence-electron chi connectivity index (χ0n) is 12.3. The first-order valence-electron chi connectivity index (χ1n) is 7.09. The van der Waals surface area contributed by atoms with Gasteiger partial charge in [0.05, 0.1) is 12.3 Å². The zero-order valence-corrected chi connectivity index (χ0v) is 12.3. The predicted molar refractivity (Wildman–Crippen MR) is 80.4 cm³/mol. The summed E-state index contributed by atoms with van der Waals surface area (Å²) < 4.78 is 2.06. The van der Waals surface area contributed by atoms with Crippen LogP contribution in [0.5, 0.6) is 0 Å². The second-order valence-corrected chi connectivity index (χ2v) is 5.16. The Labute approximate surface area is 120 Å². The molecule has 2 rings (SSSR count). The van der Waals surface area contributed by atoms with E-state index in [4.69, 9.17) is 5.11 Å². The third-order valence-corrected chi connectivity index (χ3v) is 3.36. The molecule has 0 saturated carbocycles. The van der Waals surface area contributed by atoms with Crippen molar-refractivity contribution in [1.29, 1.82) is 0 Å². The fourth-order valence-corrected chi connectivity index (χ4v) is 2.25. The van der Waals surface area contributed by atoms with Gasteiger partial charge < -0.3 is 10.4 Å². The van der Waals surface area contributed by atoms with Crippen molar-refractivity contribution in [3.8, 4) is 0 Å². The standard InChI is InChI=1S/C16H23N3O/c1-13-10-14(2)19(18-13)9-3-8-17-11-15-4-6-16(12-20)7-5-15/h4-7,10,17,20H,3,8-9,11-12H2,1-2H3. The summed E-state index contributed by atoms with van der Waals surface area (Å²) >= 11 is 0. The van der Waals surface area contributed by atoms with Crippen LogP contribution in [0, 0.1) is 13.8 Å². The van der Waals surface area contributed by atoms with Crippen molar-refractivity contribution in [3.63, 3.8) is 0 Å². The molecule has 0 saturated heterocycles. The van der Waals surface area contributed by atoms with Crippen LogP contribution >= 0.6 is 0 Å². The van der Waals surface area contributed by atoms with E-state index < -0.39 is 0 Å². The minimum absolute atomic E-state index is 0.107. The van der Waals surface area contributed by atoms with Crippen LogP contribution < -0.4 is 5.32 Å². The Bertz CT molecular complexity index is 531. The van der Waals surface area contributed by atoms with Gasteiger partial charge in [0.25, 0.3) is 0 Å². The lowest BCUT2D eigenvalue weighted by molar-refractivity contribution is 0.282. The van der Waals surface area contributed by atoms with E-state index in [-0.39, 0.29) is 6.61 Å². The first kappa shape index (κ1) is 14.8. The van der Waals surface area contributed by atoms with Gasteiger partial charge in [0.1, 0.15) is 0 Å². The van der Waals surface area contributed by atoms with Crippen LogP contribution in [0.15, 0.2) is 30.3 Å². The van der Waals surface area contributed by atoms with E-state index in [1.54, 1.807) is 0 Å². The highest BCUT2D eigenvalue weighted by Crippen LogP contribution is 2.04. The molecule has 0 atom stereocenters. The number of hydrogen-bond donors (Lipinski definition) is 2. The molecule has 4 nitrogen and oxygen atoms in total. The van der Waals surface area contributed by atoms with Crippen molar-refractivity contribution in [1.82, 2.24) is 15.1 Å². The van der Waals surface area contributed by atoms with Crippen molar-refractivity contribution in [2.75, 3.05) is 6.54 Å². The SMILES string of the molecule is Cc1cc(C)n(CCCNCc2ccc(CO)cc2)n1. The van der Waals surface area contributed by atoms with E-state index >= 15 is 0 Å². The van der Waals surface area contributed by atoms with Crippen LogP contribution in [0.2, 0.25) is 0 Å². The van der Waals surface area contributed by atoms with Gasteiger partial charge in [-0.3, -0.25) is 4.68 Å². The highest BCUT2D eigenvalue weighted by Gasteiger charge is 2.00. The van der Waals surface area contributed by atoms with Crippen LogP contribution in [0.1, 0.15) is 28.9 Å². The van der Waals surface area contributed by atoms with Gasteiger partial charge in [-0.15, -0.1) is 0 Å². The van der Waals surface area contributed by atoms with Crippen molar-refractivity contribution in [2.45, 2.75) is 40.0 Å². The average Bonchev–Trinajstić information content (AvgIpc) is 2.77. The predicted octanol–water partition coefficient (Wildman–Crippen LogP) is 2.17. The Kier molecular flexibility index (Phi) is 5.32. The molecule has 108 valence electrons. The normalized spacial score (nSPS) is 10.9. The Balaban J connectivity index is 1.67. The molecule has 0 spiro atoms. The van der Waals surface area contributed by atoms with Gasteiger partial charge in [-0.25, -0.2) is 0 Å². The third kappa shape index (κ3) is 4.18. The summed E-state index contributed by atoms with van der Waals surface area (Å²) in [6.07, 6.45) is 1.07. The Morgan fingerprint density at radius 3 is 2.45 bits per heavy atom. The number of aromatic nitrogens is 2. The highest BCUT2D eigenvalue weighted by molar-refractivity contribution is 5.21. The van der Waals surface area contributed by atoms with E-state index in [1.165, 1.54) is 11.3 Å². The van der Waals surface area contributed by atoms with Gasteiger partial charge >= 0.3 is 0 Å². The molecule has 0 aliphatic rings. The first-order valence-corrected chi connectivity index (χ1v) is 7.09. The number of aryl methyl sites for hydroxylation is 3. The second-order valence-electron chi connectivity index (χ2n) is 5.16. The minimum Gasteiger partial charge on any atom is -0.392 e. The first-order chi connectivity index (χ1) is 9.69. The average molecular weight is 273 g/mol. The van der Waals surface area contributed by atoms with Crippen molar-refractivity contribution in [3.05, 3.63) is 52.8 Å². The largest absolute Gasteiger partial charge is 0.392 e. The molecular weight excluding hydrogens is 250 g/mol. The number of benzene rings is 1. The Hall–Kier alpha value is -1.65. The zero-order chi connectivity index (χ0) is 14.4. The van der Waals surface area contributed by atoms with Crippen LogP contribution in [0.4, 0.5) is 0 Å². The number of rotatable bonds is 7. The molecule has 0 amide bonds. The van der Waals surface area contributed by atoms with E-state index in [9.17, 15) is 0 Å². The highest BCUT2D eigenvalue weighted by atomic mass is 16.3. The lowest BCUT2D eigenvalue weighted by Gasteiger charge is -2.07. The molecule has 2 aromatic rings. The smallest absolute Gasteiger partial charge is 0.0681 e. The summed E-state index contributed by atoms with van der Waals surface area (Å²) in [5.41, 5.74) is 4.51. The number of aliphatic hydroxyl groups excluding tert-OH is 1. The number of hydrogen-bond acceptors (Lipinski definition) is 3. The minimum atomic E-state index is 0.107. The number of aliphatic hydroxyl groups is 1. The van der Waals surface area contributed by atoms with Gasteiger partial charge in [0, 0.05) is 18.8 Å². The fourth-order valence-electron chi connectivity index (χ4n) is 2.25. The maximum absolute atomic E-state index is 8.98. The van der Waals surface area contributed by atoms with Crippen LogP contribution in [0.25, 0.3) is 0 Å². The topological polar surface area (TPSA) is 50.1 Å². The maximum atomic E-state index is 8.98. The Morgan fingerprint density at radius 2 is 1.85 bits per heavy atom. The van der Waals surface area contributed by atoms with E-state index in [0.717, 1.165) is 37.3 Å². The maximum Gasteiger partial charge on any atom is 0.0681 e. The molecule has 0 fully saturated rings. The van der Waals surface area contributed by atoms with Gasteiger partial charge in [-0.05, 0) is 44.0 Å². The van der Waals surface area contributed by atoms with Crippen LogP contribution in [-0.4, -0.2) is 21.4 Å². The fraction of sp³-hybridized carbons (Fsp3) is 0.438. The van der Waals surface area contributed by atoms with Crippen molar-refractivity contribution < 1.29 is 5.11 Å². The van der Waals surface area contributed by atoms with Crippen LogP contribution in [-0.2, 0) is 19.7 Å². The quantitative estimate of drug-likeness (QED) is 0.760. The summed E-state index contributed by atoms with van der Waals surface area (Å²) in [6.45, 7) is 7.02. The molecule has 4 heteroatoms. The molecule has 0 unspecified atom stereocenters. The molecule has 1 heterocycles. The molecule has 1 aromatic heterocycles. The molecule has 0 bridgehead atoms. The summed E-state index contributed by atoms with van der Waals surface area (Å²) in [4.78, 5) is 0. The van der Waals surface area contributed by atoms with Gasteiger partial charge in [-0.2, -0.15) is 5.10 Å². The Morgan fingerprint density at radius 1 is 1.15 bits per heavy atom. The lowest BCUT2D eigenvalue weighted by Crippen LogP contribution is -2.17. The number of nitrogens with zero attached hydrogens (tertiary/aromatic N) is 2. The summed E-state index contributed by atoms with van der Waals surface area (Å²) in [6, 6.07) is 10.1. The van der Waals surface area contributed by atoms with Gasteiger partial charge in [0.15, 0.2) is 0 Å². The third-order valence-electron chi connectivity index (χ3n) is 3.36. The lowest BCUT2D eigenvalue weighted by atomic mass is 10.1. The monoisotopic (exact) mass is 273 g/mol. The molecule has 1 aromatic carbocycles. The van der Waals surface area contributed by atoms with Crippen molar-refractivity contribution in [2.24, 2.45) is 0 Å². The van der Waals surface area contributed by atoms with Crippen molar-refractivity contribution >= 4 is 0 Å². The molecule has 20 heavy (non-hydrogen) atoms. The summed E-state index contributed by atoms with van der Waals surface area (Å²) in [5.74, 6) is 0. The van der Waals surface area contributed by atoms with Gasteiger partial charge in [-0.1, -0.05) is 24.3 Å². The van der Waals surface area contributed by atoms with E-state index in [2.05, 4.69) is 40.2 Å². The second kappa shape index (κ2) is 7.22. The van der Waals surface area contributed by atoms with E-state index in [0.29, 0.717) is 0 Å². The molecule has 0 aliphatic heterocycles. The molecular formula is C16H23N3O. The molecule has 0 aliphatic carbocycles. The summed E-state index contributed by atoms with van der Waals surface area (Å²) in [5, 5.41) is 16.9. The molecule has 2 N–H and O–H groups in total. The molecule has 0 radical (unpaired) electrons. The number of nitrogens with one attached hydrogen (secondary N) is 1. The van der Waals surface area contributed by atoms with Gasteiger partial charge in [0.2, 0.25) is 0 Å².